The van der Waals surface area contributed by atoms with Gasteiger partial charge in [0.05, 0.1) is 12.5 Å². The van der Waals surface area contributed by atoms with Crippen molar-refractivity contribution in [3.63, 3.8) is 0 Å². The van der Waals surface area contributed by atoms with Gasteiger partial charge in [0.15, 0.2) is 0 Å². The van der Waals surface area contributed by atoms with Crippen LogP contribution in [0.25, 0.3) is 0 Å². The minimum atomic E-state index is -0.293. The predicted molar refractivity (Wildman–Crippen MR) is 78.1 cm³/mol. The third-order valence-corrected chi connectivity index (χ3v) is 5.85. The summed E-state index contributed by atoms with van der Waals surface area (Å²) in [6, 6.07) is -0.293. The molecular weight excluding hydrogens is 260 g/mol. The van der Waals surface area contributed by atoms with Crippen LogP contribution < -0.4 is 5.32 Å². The van der Waals surface area contributed by atoms with Crippen LogP contribution >= 0.6 is 11.8 Å². The van der Waals surface area contributed by atoms with E-state index in [-0.39, 0.29) is 22.6 Å². The van der Waals surface area contributed by atoms with Crippen molar-refractivity contribution < 1.29 is 9.59 Å². The lowest BCUT2D eigenvalue weighted by Gasteiger charge is -2.36. The first kappa shape index (κ1) is 14.9. The average Bonchev–Trinajstić information content (AvgIpc) is 2.72. The highest BCUT2D eigenvalue weighted by Crippen LogP contribution is 2.38. The molecule has 2 rings (SSSR count). The highest BCUT2D eigenvalue weighted by atomic mass is 32.2. The monoisotopic (exact) mass is 284 g/mol. The Labute approximate surface area is 119 Å². The molecule has 0 aromatic carbocycles. The summed E-state index contributed by atoms with van der Waals surface area (Å²) in [4.78, 5) is 25.1. The van der Waals surface area contributed by atoms with Gasteiger partial charge in [-0.25, -0.2) is 0 Å². The zero-order valence-corrected chi connectivity index (χ0v) is 12.7. The average molecular weight is 284 g/mol. The number of nitrogens with zero attached hydrogens (tertiary/aromatic N) is 1. The lowest BCUT2D eigenvalue weighted by molar-refractivity contribution is -0.138. The fraction of sp³-hybridized carbons (Fsp3) is 0.857. The van der Waals surface area contributed by atoms with Crippen LogP contribution in [0.5, 0.6) is 0 Å². The molecule has 0 bridgehead atoms. The lowest BCUT2D eigenvalue weighted by atomic mass is 9.88. The summed E-state index contributed by atoms with van der Waals surface area (Å²) in [6.45, 7) is 3.18. The van der Waals surface area contributed by atoms with Crippen LogP contribution in [0, 0.1) is 0 Å². The molecule has 0 aromatic rings. The zero-order valence-electron chi connectivity index (χ0n) is 11.9. The Hall–Kier alpha value is -0.550. The largest absolute Gasteiger partial charge is 0.304 e. The fourth-order valence-electron chi connectivity index (χ4n) is 3.13. The maximum Gasteiger partial charge on any atom is 0.246 e. The van der Waals surface area contributed by atoms with Crippen LogP contribution in [0.3, 0.4) is 0 Å². The van der Waals surface area contributed by atoms with Crippen LogP contribution in [0.1, 0.15) is 45.4 Å². The van der Waals surface area contributed by atoms with E-state index in [1.165, 1.54) is 37.0 Å². The van der Waals surface area contributed by atoms with E-state index in [1.54, 1.807) is 0 Å². The number of nitrogens with one attached hydrogen (secondary N) is 1. The van der Waals surface area contributed by atoms with Crippen molar-refractivity contribution in [2.24, 2.45) is 0 Å². The number of carbonyl (C=O) groups is 2. The topological polar surface area (TPSA) is 49.4 Å². The zero-order chi connectivity index (χ0) is 13.9. The first-order valence-electron chi connectivity index (χ1n) is 7.24. The maximum absolute atomic E-state index is 12.0. The first-order valence-corrected chi connectivity index (χ1v) is 8.47. The third kappa shape index (κ3) is 3.14. The quantitative estimate of drug-likeness (QED) is 0.782. The highest BCUT2D eigenvalue weighted by molar-refractivity contribution is 8.00. The number of rotatable bonds is 5. The Morgan fingerprint density at radius 3 is 2.53 bits per heavy atom. The number of hydrogen-bond acceptors (Lipinski definition) is 4. The molecular formula is C14H24N2O2S. The maximum atomic E-state index is 12.0. The van der Waals surface area contributed by atoms with E-state index in [2.05, 4.69) is 11.6 Å². The van der Waals surface area contributed by atoms with Crippen molar-refractivity contribution >= 4 is 23.6 Å². The lowest BCUT2D eigenvalue weighted by Crippen LogP contribution is -2.46. The normalized spacial score (nSPS) is 27.1. The highest BCUT2D eigenvalue weighted by Gasteiger charge is 2.39. The summed E-state index contributed by atoms with van der Waals surface area (Å²) in [6.07, 6.45) is 8.81. The van der Waals surface area contributed by atoms with E-state index in [0.717, 1.165) is 6.54 Å². The van der Waals surface area contributed by atoms with E-state index in [1.807, 2.05) is 18.7 Å². The van der Waals surface area contributed by atoms with Crippen molar-refractivity contribution in [1.29, 1.82) is 0 Å². The molecule has 1 saturated heterocycles. The number of thioether (sulfide) groups is 1. The summed E-state index contributed by atoms with van der Waals surface area (Å²) >= 11 is 1.91. The molecule has 5 heteroatoms. The number of imide groups is 1. The summed E-state index contributed by atoms with van der Waals surface area (Å²) in [5.41, 5.74) is 0. The Morgan fingerprint density at radius 1 is 1.32 bits per heavy atom. The summed E-state index contributed by atoms with van der Waals surface area (Å²) in [5, 5.41) is 3.35. The molecule has 2 fully saturated rings. The van der Waals surface area contributed by atoms with Crippen LogP contribution in [-0.2, 0) is 9.59 Å². The molecule has 1 atom stereocenters. The van der Waals surface area contributed by atoms with Gasteiger partial charge in [-0.15, -0.1) is 0 Å². The summed E-state index contributed by atoms with van der Waals surface area (Å²) in [5.74, 6) is -0.0774. The molecule has 1 N–H and O–H groups in total. The molecule has 1 aliphatic heterocycles. The molecule has 19 heavy (non-hydrogen) atoms. The van der Waals surface area contributed by atoms with E-state index >= 15 is 0 Å². The first-order chi connectivity index (χ1) is 9.12. The van der Waals surface area contributed by atoms with E-state index in [9.17, 15) is 9.59 Å². The van der Waals surface area contributed by atoms with Crippen molar-refractivity contribution in [3.05, 3.63) is 0 Å². The molecule has 0 radical (unpaired) electrons. The Balaban J connectivity index is 1.91. The van der Waals surface area contributed by atoms with E-state index in [0.29, 0.717) is 13.0 Å². The second-order valence-corrected chi connectivity index (χ2v) is 6.84. The summed E-state index contributed by atoms with van der Waals surface area (Å²) in [7, 11) is 0. The second kappa shape index (κ2) is 6.27. The van der Waals surface area contributed by atoms with Gasteiger partial charge in [-0.3, -0.25) is 14.5 Å². The van der Waals surface area contributed by atoms with Crippen molar-refractivity contribution in [2.45, 2.75) is 56.2 Å². The minimum absolute atomic E-state index is 0.0353. The van der Waals surface area contributed by atoms with Crippen molar-refractivity contribution in [2.75, 3.05) is 19.3 Å². The van der Waals surface area contributed by atoms with E-state index in [4.69, 9.17) is 0 Å². The van der Waals surface area contributed by atoms with Crippen molar-refractivity contribution in [3.8, 4) is 0 Å². The number of likely N-dealkylation sites (N-methyl/N-ethyl adjacent to an activating group) is 1. The molecule has 1 unspecified atom stereocenters. The Bertz CT molecular complexity index is 353. The van der Waals surface area contributed by atoms with Gasteiger partial charge in [0.2, 0.25) is 11.8 Å². The van der Waals surface area contributed by atoms with Crippen molar-refractivity contribution in [1.82, 2.24) is 10.2 Å². The van der Waals surface area contributed by atoms with Gasteiger partial charge in [-0.05, 0) is 26.0 Å². The van der Waals surface area contributed by atoms with Gasteiger partial charge in [-0.2, -0.15) is 11.8 Å². The van der Waals surface area contributed by atoms with Gasteiger partial charge >= 0.3 is 0 Å². The van der Waals surface area contributed by atoms with Crippen LogP contribution in [0.2, 0.25) is 0 Å². The molecule has 0 spiro atoms. The molecule has 0 aromatic heterocycles. The molecule has 4 nitrogen and oxygen atoms in total. The molecule has 1 heterocycles. The minimum Gasteiger partial charge on any atom is -0.304 e. The second-order valence-electron chi connectivity index (χ2n) is 5.56. The SMILES string of the molecule is CCN1C(=O)CC(NCC2(SC)CCCCC2)C1=O. The molecule has 108 valence electrons. The summed E-state index contributed by atoms with van der Waals surface area (Å²) < 4.78 is 0.265. The number of hydrogen-bond donors (Lipinski definition) is 1. The molecule has 2 amide bonds. The van der Waals surface area contributed by atoms with Crippen LogP contribution in [0.4, 0.5) is 0 Å². The third-order valence-electron chi connectivity index (χ3n) is 4.43. The Kier molecular flexibility index (Phi) is 4.90. The van der Waals surface area contributed by atoms with Crippen LogP contribution in [-0.4, -0.2) is 46.8 Å². The Morgan fingerprint density at radius 2 is 2.00 bits per heavy atom. The van der Waals surface area contributed by atoms with E-state index < -0.39 is 0 Å². The smallest absolute Gasteiger partial charge is 0.246 e. The number of carbonyl (C=O) groups excluding carboxylic acids is 2. The van der Waals surface area contributed by atoms with Gasteiger partial charge in [0, 0.05) is 17.8 Å². The predicted octanol–water partition coefficient (Wildman–Crippen LogP) is 1.79. The van der Waals surface area contributed by atoms with Gasteiger partial charge in [0.25, 0.3) is 0 Å². The molecule has 1 aliphatic carbocycles. The number of likely N-dealkylation sites (tertiary alicyclic amines) is 1. The van der Waals surface area contributed by atoms with Gasteiger partial charge in [-0.1, -0.05) is 19.3 Å². The van der Waals surface area contributed by atoms with Gasteiger partial charge < -0.3 is 5.32 Å². The standard InChI is InChI=1S/C14H24N2O2S/c1-3-16-12(17)9-11(13(16)18)15-10-14(19-2)7-5-4-6-8-14/h11,15H,3-10H2,1-2H3. The number of amides is 2. The van der Waals surface area contributed by atoms with Crippen LogP contribution in [0.15, 0.2) is 0 Å². The molecule has 2 aliphatic rings. The fourth-order valence-corrected chi connectivity index (χ4v) is 4.06. The molecule has 1 saturated carbocycles. The van der Waals surface area contributed by atoms with Gasteiger partial charge in [0.1, 0.15) is 0 Å².